The van der Waals surface area contributed by atoms with Gasteiger partial charge in [-0.05, 0) is 76.6 Å². The molecule has 0 aliphatic carbocycles. The Morgan fingerprint density at radius 3 is 2.41 bits per heavy atom. The van der Waals surface area contributed by atoms with Gasteiger partial charge in [0.15, 0.2) is 5.78 Å². The zero-order chi connectivity index (χ0) is 29.1. The number of Topliss-reactive ketones (excluding diaryl/α,β-unsaturated/α-hetero) is 1. The number of hydrogen-bond acceptors (Lipinski definition) is 5. The first-order valence-corrected chi connectivity index (χ1v) is 14.3. The molecule has 214 valence electrons. The first-order valence-electron chi connectivity index (χ1n) is 14.3. The van der Waals surface area contributed by atoms with E-state index in [0.717, 1.165) is 60.2 Å². The summed E-state index contributed by atoms with van der Waals surface area (Å²) in [5.74, 6) is -0.0836. The number of likely N-dealkylation sites (tertiary alicyclic amines) is 1. The van der Waals surface area contributed by atoms with Gasteiger partial charge in [0.2, 0.25) is 5.91 Å². The van der Waals surface area contributed by atoms with Gasteiger partial charge in [0, 0.05) is 48.3 Å². The maximum Gasteiger partial charge on any atom is 0.257 e. The van der Waals surface area contributed by atoms with Crippen LogP contribution < -0.4 is 10.6 Å². The van der Waals surface area contributed by atoms with Crippen molar-refractivity contribution in [2.75, 3.05) is 25.5 Å². The molecular formula is C32H38N6O3. The highest BCUT2D eigenvalue weighted by molar-refractivity contribution is 6.13. The van der Waals surface area contributed by atoms with Crippen LogP contribution in [-0.4, -0.2) is 63.0 Å². The van der Waals surface area contributed by atoms with E-state index in [4.69, 9.17) is 0 Å². The molecule has 0 atom stereocenters. The SMILES string of the molecule is CCCC(=O)c1cnn(-c2ccc(NC(=O)c3cn(CC(=O)N4CCC(NC)CC4)c4ccc(C)cc34)cc2)c1C. The fraction of sp³-hybridized carbons (Fsp3) is 0.375. The highest BCUT2D eigenvalue weighted by atomic mass is 16.2. The number of nitrogens with zero attached hydrogens (tertiary/aromatic N) is 4. The standard InChI is InChI=1S/C32H38N6O3/c1-5-6-30(39)27-18-34-38(22(27)3)25-10-8-24(9-11-25)35-32(41)28-19-37(29-12-7-21(2)17-26(28)29)20-31(40)36-15-13-23(33-4)14-16-36/h7-12,17-19,23,33H,5-6,13-16,20H2,1-4H3,(H,35,41). The fourth-order valence-corrected chi connectivity index (χ4v) is 5.58. The molecule has 0 spiro atoms. The van der Waals surface area contributed by atoms with Crippen molar-refractivity contribution in [2.24, 2.45) is 0 Å². The minimum Gasteiger partial charge on any atom is -0.341 e. The lowest BCUT2D eigenvalue weighted by atomic mass is 10.1. The van der Waals surface area contributed by atoms with E-state index in [-0.39, 0.29) is 24.1 Å². The molecule has 9 nitrogen and oxygen atoms in total. The number of rotatable bonds is 9. The van der Waals surface area contributed by atoms with Gasteiger partial charge in [-0.15, -0.1) is 0 Å². The average molecular weight is 555 g/mol. The largest absolute Gasteiger partial charge is 0.341 e. The van der Waals surface area contributed by atoms with Crippen LogP contribution >= 0.6 is 0 Å². The van der Waals surface area contributed by atoms with E-state index in [1.807, 2.05) is 79.8 Å². The Bertz CT molecular complexity index is 1570. The monoisotopic (exact) mass is 554 g/mol. The van der Waals surface area contributed by atoms with Crippen molar-refractivity contribution >= 4 is 34.2 Å². The summed E-state index contributed by atoms with van der Waals surface area (Å²) in [6.07, 6.45) is 6.58. The van der Waals surface area contributed by atoms with Crippen LogP contribution in [0.5, 0.6) is 0 Å². The minimum absolute atomic E-state index is 0.0630. The molecule has 5 rings (SSSR count). The number of amides is 2. The number of ketones is 1. The Kier molecular flexibility index (Phi) is 8.35. The molecule has 1 aliphatic heterocycles. The van der Waals surface area contributed by atoms with Crippen LogP contribution in [0.3, 0.4) is 0 Å². The van der Waals surface area contributed by atoms with Gasteiger partial charge in [-0.25, -0.2) is 4.68 Å². The minimum atomic E-state index is -0.239. The fourth-order valence-electron chi connectivity index (χ4n) is 5.58. The van der Waals surface area contributed by atoms with Crippen molar-refractivity contribution in [3.05, 3.63) is 77.2 Å². The number of fused-ring (bicyclic) bond motifs is 1. The van der Waals surface area contributed by atoms with Gasteiger partial charge in [-0.3, -0.25) is 14.4 Å². The van der Waals surface area contributed by atoms with Crippen LogP contribution in [0.15, 0.2) is 54.9 Å². The summed E-state index contributed by atoms with van der Waals surface area (Å²) in [6.45, 7) is 7.53. The van der Waals surface area contributed by atoms with Crippen LogP contribution in [0, 0.1) is 13.8 Å². The third kappa shape index (κ3) is 5.95. The first kappa shape index (κ1) is 28.3. The van der Waals surface area contributed by atoms with Crippen LogP contribution in [-0.2, 0) is 11.3 Å². The average Bonchev–Trinajstić information content (AvgIpc) is 3.53. The molecule has 0 radical (unpaired) electrons. The molecule has 0 saturated carbocycles. The maximum atomic E-state index is 13.5. The van der Waals surface area contributed by atoms with Crippen molar-refractivity contribution in [2.45, 2.75) is 59.0 Å². The van der Waals surface area contributed by atoms with Gasteiger partial charge in [-0.2, -0.15) is 5.10 Å². The number of hydrogen-bond donors (Lipinski definition) is 2. The van der Waals surface area contributed by atoms with Crippen molar-refractivity contribution in [3.8, 4) is 5.69 Å². The molecule has 2 aromatic heterocycles. The molecule has 0 unspecified atom stereocenters. The number of piperidine rings is 1. The third-order valence-electron chi connectivity index (χ3n) is 8.00. The van der Waals surface area contributed by atoms with Crippen molar-refractivity contribution in [3.63, 3.8) is 0 Å². The van der Waals surface area contributed by atoms with Gasteiger partial charge < -0.3 is 20.1 Å². The van der Waals surface area contributed by atoms with E-state index in [9.17, 15) is 14.4 Å². The zero-order valence-corrected chi connectivity index (χ0v) is 24.2. The number of anilines is 1. The lowest BCUT2D eigenvalue weighted by molar-refractivity contribution is -0.132. The molecule has 1 saturated heterocycles. The Balaban J connectivity index is 1.33. The van der Waals surface area contributed by atoms with E-state index in [1.165, 1.54) is 0 Å². The quantitative estimate of drug-likeness (QED) is 0.287. The molecule has 0 bridgehead atoms. The predicted molar refractivity (Wildman–Crippen MR) is 161 cm³/mol. The Morgan fingerprint density at radius 1 is 1.00 bits per heavy atom. The van der Waals surface area contributed by atoms with E-state index < -0.39 is 0 Å². The number of carbonyl (C=O) groups excluding carboxylic acids is 3. The first-order chi connectivity index (χ1) is 19.8. The van der Waals surface area contributed by atoms with Gasteiger partial charge in [0.1, 0.15) is 6.54 Å². The lowest BCUT2D eigenvalue weighted by Gasteiger charge is -2.32. The topological polar surface area (TPSA) is 101 Å². The van der Waals surface area contributed by atoms with Crippen molar-refractivity contribution in [1.29, 1.82) is 0 Å². The summed E-state index contributed by atoms with van der Waals surface area (Å²) in [7, 11) is 1.96. The Morgan fingerprint density at radius 2 is 1.73 bits per heavy atom. The van der Waals surface area contributed by atoms with Crippen molar-refractivity contribution in [1.82, 2.24) is 24.6 Å². The summed E-state index contributed by atoms with van der Waals surface area (Å²) in [5.41, 5.74) is 5.30. The molecule has 3 heterocycles. The second-order valence-electron chi connectivity index (χ2n) is 10.9. The summed E-state index contributed by atoms with van der Waals surface area (Å²) in [5, 5.41) is 11.5. The van der Waals surface area contributed by atoms with Crippen LogP contribution in [0.1, 0.15) is 64.6 Å². The third-order valence-corrected chi connectivity index (χ3v) is 8.00. The highest BCUT2D eigenvalue weighted by Gasteiger charge is 2.24. The van der Waals surface area contributed by atoms with Crippen LogP contribution in [0.25, 0.3) is 16.6 Å². The predicted octanol–water partition coefficient (Wildman–Crippen LogP) is 4.89. The maximum absolute atomic E-state index is 13.5. The Hall–Kier alpha value is -4.24. The number of nitrogens with one attached hydrogen (secondary N) is 2. The molecule has 1 aliphatic rings. The van der Waals surface area contributed by atoms with Crippen LogP contribution in [0.4, 0.5) is 5.69 Å². The van der Waals surface area contributed by atoms with Gasteiger partial charge in [0.25, 0.3) is 5.91 Å². The molecule has 1 fully saturated rings. The smallest absolute Gasteiger partial charge is 0.257 e. The molecule has 2 N–H and O–H groups in total. The van der Waals surface area contributed by atoms with E-state index in [1.54, 1.807) is 17.1 Å². The van der Waals surface area contributed by atoms with E-state index in [0.29, 0.717) is 29.3 Å². The highest BCUT2D eigenvalue weighted by Crippen LogP contribution is 2.25. The van der Waals surface area contributed by atoms with Gasteiger partial charge in [0.05, 0.1) is 28.7 Å². The summed E-state index contributed by atoms with van der Waals surface area (Å²) >= 11 is 0. The summed E-state index contributed by atoms with van der Waals surface area (Å²) < 4.78 is 3.63. The second-order valence-corrected chi connectivity index (χ2v) is 10.9. The zero-order valence-electron chi connectivity index (χ0n) is 24.2. The normalized spacial score (nSPS) is 14.0. The second kappa shape index (κ2) is 12.1. The van der Waals surface area contributed by atoms with Gasteiger partial charge >= 0.3 is 0 Å². The van der Waals surface area contributed by atoms with Crippen molar-refractivity contribution < 1.29 is 14.4 Å². The van der Waals surface area contributed by atoms with E-state index >= 15 is 0 Å². The molecule has 2 amide bonds. The van der Waals surface area contributed by atoms with Crippen LogP contribution in [0.2, 0.25) is 0 Å². The summed E-state index contributed by atoms with van der Waals surface area (Å²) in [6, 6.07) is 13.8. The molecule has 9 heteroatoms. The number of aryl methyl sites for hydroxylation is 1. The lowest BCUT2D eigenvalue weighted by Crippen LogP contribution is -2.44. The van der Waals surface area contributed by atoms with Gasteiger partial charge in [-0.1, -0.05) is 18.6 Å². The molecule has 2 aromatic carbocycles. The molecule has 41 heavy (non-hydrogen) atoms. The summed E-state index contributed by atoms with van der Waals surface area (Å²) in [4.78, 5) is 40.9. The number of benzene rings is 2. The Labute approximate surface area is 240 Å². The van der Waals surface area contributed by atoms with E-state index in [2.05, 4.69) is 15.7 Å². The number of carbonyl (C=O) groups is 3. The number of aromatic nitrogens is 3. The molecular weight excluding hydrogens is 516 g/mol. The molecule has 4 aromatic rings.